The molecule has 1 aromatic carbocycles. The van der Waals surface area contributed by atoms with E-state index < -0.39 is 0 Å². The number of nitrogens with two attached hydrogens (primary N) is 1. The van der Waals surface area contributed by atoms with Gasteiger partial charge in [-0.05, 0) is 31.5 Å². The Morgan fingerprint density at radius 3 is 2.57 bits per heavy atom. The molecule has 0 aliphatic carbocycles. The molecule has 0 aromatic heterocycles. The van der Waals surface area contributed by atoms with Crippen molar-refractivity contribution in [2.24, 2.45) is 5.73 Å². The first-order chi connectivity index (χ1) is 6.56. The third-order valence-electron chi connectivity index (χ3n) is 2.38. The van der Waals surface area contributed by atoms with Crippen LogP contribution < -0.4 is 10.6 Å². The van der Waals surface area contributed by atoms with Gasteiger partial charge in [-0.1, -0.05) is 6.07 Å². The predicted molar refractivity (Wildman–Crippen MR) is 57.9 cm³/mol. The normalized spacial score (nSPS) is 12.6. The highest BCUT2D eigenvalue weighted by Gasteiger charge is 2.08. The molecule has 0 saturated carbocycles. The van der Waals surface area contributed by atoms with Gasteiger partial charge in [0, 0.05) is 19.6 Å². The molecule has 78 valence electrons. The Morgan fingerprint density at radius 1 is 1.50 bits per heavy atom. The van der Waals surface area contributed by atoms with Gasteiger partial charge in [0.25, 0.3) is 0 Å². The maximum Gasteiger partial charge on any atom is 0.146 e. The van der Waals surface area contributed by atoms with Crippen molar-refractivity contribution >= 4 is 5.69 Å². The Balaban J connectivity index is 3.01. The van der Waals surface area contributed by atoms with E-state index in [-0.39, 0.29) is 11.9 Å². The molecule has 2 N–H and O–H groups in total. The minimum atomic E-state index is -0.204. The number of hydrogen-bond acceptors (Lipinski definition) is 2. The quantitative estimate of drug-likeness (QED) is 0.803. The summed E-state index contributed by atoms with van der Waals surface area (Å²) in [4.78, 5) is 1.86. The topological polar surface area (TPSA) is 29.3 Å². The van der Waals surface area contributed by atoms with Gasteiger partial charge in [-0.25, -0.2) is 4.39 Å². The number of halogens is 1. The maximum absolute atomic E-state index is 13.6. The van der Waals surface area contributed by atoms with Crippen molar-refractivity contribution in [2.45, 2.75) is 19.9 Å². The first kappa shape index (κ1) is 11.0. The molecule has 0 aliphatic heterocycles. The van der Waals surface area contributed by atoms with Crippen molar-refractivity contribution in [1.82, 2.24) is 0 Å². The van der Waals surface area contributed by atoms with Crippen LogP contribution in [0.1, 0.15) is 25.5 Å². The average molecular weight is 196 g/mol. The van der Waals surface area contributed by atoms with Crippen LogP contribution in [0.4, 0.5) is 10.1 Å². The fourth-order valence-electron chi connectivity index (χ4n) is 1.29. The van der Waals surface area contributed by atoms with Crippen LogP contribution in [0.25, 0.3) is 0 Å². The first-order valence-electron chi connectivity index (χ1n) is 4.82. The second-order valence-corrected chi connectivity index (χ2v) is 3.51. The van der Waals surface area contributed by atoms with Crippen molar-refractivity contribution in [1.29, 1.82) is 0 Å². The zero-order valence-corrected chi connectivity index (χ0v) is 8.92. The number of nitrogens with zero attached hydrogens (tertiary/aromatic N) is 1. The molecular weight excluding hydrogens is 179 g/mol. The molecule has 0 aliphatic rings. The number of anilines is 1. The van der Waals surface area contributed by atoms with Crippen LogP contribution in [0.15, 0.2) is 18.2 Å². The van der Waals surface area contributed by atoms with Gasteiger partial charge in [-0.15, -0.1) is 0 Å². The molecule has 0 radical (unpaired) electrons. The van der Waals surface area contributed by atoms with E-state index in [1.165, 1.54) is 6.07 Å². The lowest BCUT2D eigenvalue weighted by Gasteiger charge is -2.18. The molecule has 1 unspecified atom stereocenters. The van der Waals surface area contributed by atoms with Gasteiger partial charge in [0.15, 0.2) is 0 Å². The van der Waals surface area contributed by atoms with E-state index in [4.69, 9.17) is 5.73 Å². The van der Waals surface area contributed by atoms with Crippen molar-refractivity contribution < 1.29 is 4.39 Å². The summed E-state index contributed by atoms with van der Waals surface area (Å²) >= 11 is 0. The van der Waals surface area contributed by atoms with Gasteiger partial charge < -0.3 is 10.6 Å². The van der Waals surface area contributed by atoms with Crippen molar-refractivity contribution in [3.8, 4) is 0 Å². The molecule has 3 heteroatoms. The van der Waals surface area contributed by atoms with E-state index in [1.807, 2.05) is 31.9 Å². The lowest BCUT2D eigenvalue weighted by atomic mass is 10.1. The Kier molecular flexibility index (Phi) is 3.47. The van der Waals surface area contributed by atoms with Gasteiger partial charge in [-0.2, -0.15) is 0 Å². The van der Waals surface area contributed by atoms with Crippen LogP contribution >= 0.6 is 0 Å². The lowest BCUT2D eigenvalue weighted by molar-refractivity contribution is 0.618. The standard InChI is InChI=1S/C11H17FN2/c1-4-14(3)11-6-5-9(8(2)13)7-10(11)12/h5-8H,4,13H2,1-3H3. The zero-order chi connectivity index (χ0) is 10.7. The molecule has 1 atom stereocenters. The lowest BCUT2D eigenvalue weighted by Crippen LogP contribution is -2.17. The van der Waals surface area contributed by atoms with Crippen molar-refractivity contribution in [3.63, 3.8) is 0 Å². The minimum absolute atomic E-state index is 0.120. The minimum Gasteiger partial charge on any atom is -0.373 e. The largest absolute Gasteiger partial charge is 0.373 e. The Hall–Kier alpha value is -1.09. The van der Waals surface area contributed by atoms with Crippen LogP contribution in [-0.4, -0.2) is 13.6 Å². The third kappa shape index (κ3) is 2.23. The van der Waals surface area contributed by atoms with Crippen LogP contribution in [-0.2, 0) is 0 Å². The fraction of sp³-hybridized carbons (Fsp3) is 0.455. The Labute approximate surface area is 84.5 Å². The number of rotatable bonds is 3. The van der Waals surface area contributed by atoms with Crippen molar-refractivity contribution in [3.05, 3.63) is 29.6 Å². The Bertz CT molecular complexity index is 310. The van der Waals surface area contributed by atoms with E-state index >= 15 is 0 Å². The van der Waals surface area contributed by atoms with Gasteiger partial charge in [-0.3, -0.25) is 0 Å². The summed E-state index contributed by atoms with van der Waals surface area (Å²) in [5.41, 5.74) is 7.11. The average Bonchev–Trinajstić information content (AvgIpc) is 2.16. The van der Waals surface area contributed by atoms with Crippen LogP contribution in [0.2, 0.25) is 0 Å². The number of hydrogen-bond donors (Lipinski definition) is 1. The number of benzene rings is 1. The van der Waals surface area contributed by atoms with E-state index in [9.17, 15) is 4.39 Å². The SMILES string of the molecule is CCN(C)c1ccc(C(C)N)cc1F. The highest BCUT2D eigenvalue weighted by Crippen LogP contribution is 2.21. The first-order valence-corrected chi connectivity index (χ1v) is 4.82. The molecular formula is C11H17FN2. The molecule has 1 aromatic rings. The fourth-order valence-corrected chi connectivity index (χ4v) is 1.29. The molecule has 0 saturated heterocycles. The third-order valence-corrected chi connectivity index (χ3v) is 2.38. The molecule has 0 fully saturated rings. The van der Waals surface area contributed by atoms with E-state index in [1.54, 1.807) is 6.07 Å². The van der Waals surface area contributed by atoms with Gasteiger partial charge in [0.2, 0.25) is 0 Å². The summed E-state index contributed by atoms with van der Waals surface area (Å²) in [6.45, 7) is 4.62. The second-order valence-electron chi connectivity index (χ2n) is 3.51. The monoisotopic (exact) mass is 196 g/mol. The molecule has 0 amide bonds. The van der Waals surface area contributed by atoms with E-state index in [2.05, 4.69) is 0 Å². The summed E-state index contributed by atoms with van der Waals surface area (Å²) in [6, 6.07) is 5.03. The molecule has 14 heavy (non-hydrogen) atoms. The highest BCUT2D eigenvalue weighted by molar-refractivity contribution is 5.48. The maximum atomic E-state index is 13.6. The molecule has 0 spiro atoms. The predicted octanol–water partition coefficient (Wildman–Crippen LogP) is 2.30. The Morgan fingerprint density at radius 2 is 2.14 bits per heavy atom. The van der Waals surface area contributed by atoms with Crippen LogP contribution in [0.3, 0.4) is 0 Å². The highest BCUT2D eigenvalue weighted by atomic mass is 19.1. The van der Waals surface area contributed by atoms with Crippen LogP contribution in [0, 0.1) is 5.82 Å². The van der Waals surface area contributed by atoms with Gasteiger partial charge in [0.05, 0.1) is 5.69 Å². The molecule has 0 bridgehead atoms. The smallest absolute Gasteiger partial charge is 0.146 e. The summed E-state index contributed by atoms with van der Waals surface area (Å²) in [6.07, 6.45) is 0. The molecule has 0 heterocycles. The zero-order valence-electron chi connectivity index (χ0n) is 8.92. The summed E-state index contributed by atoms with van der Waals surface area (Å²) in [5.74, 6) is -0.204. The van der Waals surface area contributed by atoms with Crippen molar-refractivity contribution in [2.75, 3.05) is 18.5 Å². The molecule has 1 rings (SSSR count). The van der Waals surface area contributed by atoms with Gasteiger partial charge in [0.1, 0.15) is 5.82 Å². The van der Waals surface area contributed by atoms with E-state index in [0.717, 1.165) is 12.1 Å². The van der Waals surface area contributed by atoms with E-state index in [0.29, 0.717) is 5.69 Å². The van der Waals surface area contributed by atoms with Crippen LogP contribution in [0.5, 0.6) is 0 Å². The molecule has 2 nitrogen and oxygen atoms in total. The second kappa shape index (κ2) is 4.42. The summed E-state index contributed by atoms with van der Waals surface area (Å²) in [7, 11) is 1.87. The van der Waals surface area contributed by atoms with Gasteiger partial charge >= 0.3 is 0 Å². The summed E-state index contributed by atoms with van der Waals surface area (Å²) in [5, 5.41) is 0. The summed E-state index contributed by atoms with van der Waals surface area (Å²) < 4.78 is 13.6.